The van der Waals surface area contributed by atoms with Gasteiger partial charge in [-0.05, 0) is 42.8 Å². The van der Waals surface area contributed by atoms with Crippen LogP contribution in [0.1, 0.15) is 18.5 Å². The van der Waals surface area contributed by atoms with Crippen LogP contribution in [-0.4, -0.2) is 33.2 Å². The maximum Gasteiger partial charge on any atom is 0.263 e. The number of benzene rings is 2. The van der Waals surface area contributed by atoms with E-state index in [9.17, 15) is 17.6 Å². The zero-order valence-electron chi connectivity index (χ0n) is 14.6. The number of halogens is 2. The lowest BCUT2D eigenvalue weighted by Gasteiger charge is -2.34. The standard InChI is InChI=1S/C18H18ClFN2O4S/c1-11(12-3-6-14(20)7-4-12)21-18(23)17-10-22(27(2,24)25)15-9-13(19)5-8-16(15)26-17/h3-9,11,17H,10H2,1-2H3,(H,21,23)/t11-,17+/m1/s1. The molecule has 0 radical (unpaired) electrons. The summed E-state index contributed by atoms with van der Waals surface area (Å²) in [6, 6.07) is 9.92. The number of carbonyl (C=O) groups is 1. The van der Waals surface area contributed by atoms with Crippen LogP contribution < -0.4 is 14.4 Å². The Morgan fingerprint density at radius 3 is 2.59 bits per heavy atom. The summed E-state index contributed by atoms with van der Waals surface area (Å²) in [6.07, 6.45) is 0.0235. The van der Waals surface area contributed by atoms with Crippen LogP contribution in [0.2, 0.25) is 5.02 Å². The molecule has 0 unspecified atom stereocenters. The molecule has 3 rings (SSSR count). The minimum Gasteiger partial charge on any atom is -0.476 e. The highest BCUT2D eigenvalue weighted by Crippen LogP contribution is 2.37. The van der Waals surface area contributed by atoms with Crippen molar-refractivity contribution in [1.29, 1.82) is 0 Å². The molecule has 0 aromatic heterocycles. The molecule has 1 aliphatic rings. The SMILES string of the molecule is C[C@@H](NC(=O)[C@@H]1CN(S(C)(=O)=O)c2cc(Cl)ccc2O1)c1ccc(F)cc1. The Balaban J connectivity index is 1.81. The van der Waals surface area contributed by atoms with Crippen LogP contribution in [0.25, 0.3) is 0 Å². The van der Waals surface area contributed by atoms with Gasteiger partial charge in [0, 0.05) is 5.02 Å². The second-order valence-electron chi connectivity index (χ2n) is 6.29. The van der Waals surface area contributed by atoms with Gasteiger partial charge in [0.2, 0.25) is 10.0 Å². The number of amides is 1. The molecule has 27 heavy (non-hydrogen) atoms. The fourth-order valence-corrected chi connectivity index (χ4v) is 3.89. The zero-order chi connectivity index (χ0) is 19.8. The summed E-state index contributed by atoms with van der Waals surface area (Å²) in [5, 5.41) is 3.13. The lowest BCUT2D eigenvalue weighted by Crippen LogP contribution is -2.50. The third-order valence-corrected chi connectivity index (χ3v) is 5.59. The number of ether oxygens (including phenoxy) is 1. The monoisotopic (exact) mass is 412 g/mol. The Hall–Kier alpha value is -2.32. The van der Waals surface area contributed by atoms with Gasteiger partial charge in [-0.1, -0.05) is 23.7 Å². The third kappa shape index (κ3) is 4.33. The molecule has 1 heterocycles. The molecule has 0 fully saturated rings. The van der Waals surface area contributed by atoms with Crippen molar-refractivity contribution < 1.29 is 22.3 Å². The average molecular weight is 413 g/mol. The highest BCUT2D eigenvalue weighted by Gasteiger charge is 2.35. The van der Waals surface area contributed by atoms with Gasteiger partial charge in [0.05, 0.1) is 24.5 Å². The lowest BCUT2D eigenvalue weighted by atomic mass is 10.1. The number of sulfonamides is 1. The first-order valence-electron chi connectivity index (χ1n) is 8.15. The van der Waals surface area contributed by atoms with E-state index in [0.717, 1.165) is 10.6 Å². The summed E-state index contributed by atoms with van der Waals surface area (Å²) in [5.74, 6) is -0.585. The largest absolute Gasteiger partial charge is 0.476 e. The lowest BCUT2D eigenvalue weighted by molar-refractivity contribution is -0.128. The summed E-state index contributed by atoms with van der Waals surface area (Å²) < 4.78 is 44.2. The highest BCUT2D eigenvalue weighted by molar-refractivity contribution is 7.92. The number of hydrogen-bond acceptors (Lipinski definition) is 4. The van der Waals surface area contributed by atoms with Gasteiger partial charge < -0.3 is 10.1 Å². The van der Waals surface area contributed by atoms with Gasteiger partial charge in [-0.2, -0.15) is 0 Å². The molecule has 0 saturated carbocycles. The van der Waals surface area contributed by atoms with Crippen molar-refractivity contribution in [2.75, 3.05) is 17.1 Å². The number of nitrogens with one attached hydrogen (secondary N) is 1. The molecule has 1 amide bonds. The van der Waals surface area contributed by atoms with E-state index in [-0.39, 0.29) is 18.1 Å². The molecule has 9 heteroatoms. The van der Waals surface area contributed by atoms with Crippen molar-refractivity contribution in [3.05, 3.63) is 58.9 Å². The molecule has 2 atom stereocenters. The molecule has 0 bridgehead atoms. The van der Waals surface area contributed by atoms with E-state index < -0.39 is 28.1 Å². The van der Waals surface area contributed by atoms with Gasteiger partial charge in [-0.15, -0.1) is 0 Å². The van der Waals surface area contributed by atoms with Crippen molar-refractivity contribution >= 4 is 33.2 Å². The first-order valence-corrected chi connectivity index (χ1v) is 10.4. The summed E-state index contributed by atoms with van der Waals surface area (Å²) in [4.78, 5) is 12.6. The fraction of sp³-hybridized carbons (Fsp3) is 0.278. The summed E-state index contributed by atoms with van der Waals surface area (Å²) in [5.41, 5.74) is 1.01. The molecular weight excluding hydrogens is 395 g/mol. The molecule has 0 spiro atoms. The Morgan fingerprint density at radius 2 is 1.96 bits per heavy atom. The summed E-state index contributed by atoms with van der Waals surface area (Å²) in [7, 11) is -3.63. The van der Waals surface area contributed by atoms with Crippen LogP contribution >= 0.6 is 11.6 Å². The van der Waals surface area contributed by atoms with Crippen molar-refractivity contribution in [1.82, 2.24) is 5.32 Å². The number of carbonyl (C=O) groups excluding carboxylic acids is 1. The van der Waals surface area contributed by atoms with Crippen LogP contribution in [0.5, 0.6) is 5.75 Å². The molecule has 1 aliphatic heterocycles. The second-order valence-corrected chi connectivity index (χ2v) is 8.64. The van der Waals surface area contributed by atoms with Crippen molar-refractivity contribution in [3.63, 3.8) is 0 Å². The number of fused-ring (bicyclic) bond motifs is 1. The van der Waals surface area contributed by atoms with Crippen LogP contribution in [0, 0.1) is 5.82 Å². The van der Waals surface area contributed by atoms with Gasteiger partial charge in [-0.3, -0.25) is 9.10 Å². The molecule has 0 saturated heterocycles. The Morgan fingerprint density at radius 1 is 1.30 bits per heavy atom. The third-order valence-electron chi connectivity index (χ3n) is 4.21. The summed E-state index contributed by atoms with van der Waals surface area (Å²) >= 11 is 5.96. The first kappa shape index (κ1) is 19.4. The second kappa shape index (κ2) is 7.36. The minimum atomic E-state index is -3.63. The van der Waals surface area contributed by atoms with Gasteiger partial charge in [0.15, 0.2) is 6.10 Å². The van der Waals surface area contributed by atoms with E-state index in [1.807, 2.05) is 0 Å². The molecule has 1 N–H and O–H groups in total. The van der Waals surface area contributed by atoms with E-state index in [2.05, 4.69) is 5.32 Å². The van der Waals surface area contributed by atoms with E-state index in [0.29, 0.717) is 16.3 Å². The van der Waals surface area contributed by atoms with Gasteiger partial charge in [0.1, 0.15) is 11.6 Å². The quantitative estimate of drug-likeness (QED) is 0.837. The number of nitrogens with zero attached hydrogens (tertiary/aromatic N) is 1. The number of hydrogen-bond donors (Lipinski definition) is 1. The van der Waals surface area contributed by atoms with Crippen LogP contribution in [0.4, 0.5) is 10.1 Å². The molecule has 2 aromatic rings. The predicted molar refractivity (Wildman–Crippen MR) is 101 cm³/mol. The Labute approximate surface area is 161 Å². The van der Waals surface area contributed by atoms with E-state index in [1.54, 1.807) is 25.1 Å². The van der Waals surface area contributed by atoms with Crippen LogP contribution in [0.15, 0.2) is 42.5 Å². The van der Waals surface area contributed by atoms with Crippen LogP contribution in [-0.2, 0) is 14.8 Å². The normalized spacial score (nSPS) is 17.6. The average Bonchev–Trinajstić information content (AvgIpc) is 2.60. The van der Waals surface area contributed by atoms with Gasteiger partial charge >= 0.3 is 0 Å². The number of anilines is 1. The maximum absolute atomic E-state index is 13.0. The molecular formula is C18H18ClFN2O4S. The molecule has 2 aromatic carbocycles. The molecule has 0 aliphatic carbocycles. The van der Waals surface area contributed by atoms with Crippen molar-refractivity contribution in [3.8, 4) is 5.75 Å². The van der Waals surface area contributed by atoms with Gasteiger partial charge in [0.25, 0.3) is 5.91 Å². The Kier molecular flexibility index (Phi) is 5.30. The van der Waals surface area contributed by atoms with Crippen molar-refractivity contribution in [2.24, 2.45) is 0 Å². The fourth-order valence-electron chi connectivity index (χ4n) is 2.82. The molecule has 144 valence electrons. The van der Waals surface area contributed by atoms with Crippen molar-refractivity contribution in [2.45, 2.75) is 19.1 Å². The van der Waals surface area contributed by atoms with E-state index >= 15 is 0 Å². The van der Waals surface area contributed by atoms with Crippen LogP contribution in [0.3, 0.4) is 0 Å². The first-order chi connectivity index (χ1) is 12.6. The predicted octanol–water partition coefficient (Wildman–Crippen LogP) is 2.88. The number of rotatable bonds is 4. The Bertz CT molecular complexity index is 966. The highest BCUT2D eigenvalue weighted by atomic mass is 35.5. The smallest absolute Gasteiger partial charge is 0.263 e. The van der Waals surface area contributed by atoms with Gasteiger partial charge in [-0.25, -0.2) is 12.8 Å². The maximum atomic E-state index is 13.0. The van der Waals surface area contributed by atoms with E-state index in [4.69, 9.17) is 16.3 Å². The minimum absolute atomic E-state index is 0.172. The summed E-state index contributed by atoms with van der Waals surface area (Å²) in [6.45, 7) is 1.57. The topological polar surface area (TPSA) is 75.7 Å². The zero-order valence-corrected chi connectivity index (χ0v) is 16.2. The molecule has 6 nitrogen and oxygen atoms in total. The van der Waals surface area contributed by atoms with E-state index in [1.165, 1.54) is 24.3 Å².